The second-order valence-corrected chi connectivity index (χ2v) is 8.22. The van der Waals surface area contributed by atoms with E-state index in [0.29, 0.717) is 0 Å². The van der Waals surface area contributed by atoms with Crippen LogP contribution in [-0.4, -0.2) is 18.4 Å². The Labute approximate surface area is 161 Å². The van der Waals surface area contributed by atoms with Crippen LogP contribution in [0.1, 0.15) is 0 Å². The van der Waals surface area contributed by atoms with Gasteiger partial charge < -0.3 is 4.18 Å². The Morgan fingerprint density at radius 1 is 0.815 bits per heavy atom. The van der Waals surface area contributed by atoms with Crippen LogP contribution in [0.2, 0.25) is 0 Å². The number of hydrogen-bond acceptors (Lipinski definition) is 6. The van der Waals surface area contributed by atoms with Crippen molar-refractivity contribution in [2.24, 2.45) is 0 Å². The zero-order valence-electron chi connectivity index (χ0n) is 14.0. The third-order valence-corrected chi connectivity index (χ3v) is 6.15. The van der Waals surface area contributed by atoms with Gasteiger partial charge in [-0.05, 0) is 54.1 Å². The maximum atomic E-state index is 12.3. The molecule has 2 aromatic heterocycles. The highest BCUT2D eigenvalue weighted by Crippen LogP contribution is 2.32. The van der Waals surface area contributed by atoms with Crippen molar-refractivity contribution in [3.8, 4) is 26.8 Å². The van der Waals surface area contributed by atoms with Crippen LogP contribution >= 0.6 is 11.3 Å². The molecule has 0 spiro atoms. The van der Waals surface area contributed by atoms with Crippen LogP contribution in [-0.2, 0) is 10.1 Å². The summed E-state index contributed by atoms with van der Waals surface area (Å²) in [6.07, 6.45) is 5.29. The second kappa shape index (κ2) is 7.30. The van der Waals surface area contributed by atoms with Gasteiger partial charge in [-0.25, -0.2) is 4.98 Å². The predicted molar refractivity (Wildman–Crippen MR) is 105 cm³/mol. The van der Waals surface area contributed by atoms with Crippen LogP contribution in [0.25, 0.3) is 21.0 Å². The van der Waals surface area contributed by atoms with Gasteiger partial charge in [-0.2, -0.15) is 8.42 Å². The van der Waals surface area contributed by atoms with Crippen molar-refractivity contribution in [2.75, 3.05) is 0 Å². The number of aromatic nitrogens is 2. The molecule has 0 radical (unpaired) electrons. The van der Waals surface area contributed by atoms with Crippen LogP contribution in [0, 0.1) is 0 Å². The molecular weight excluding hydrogens is 380 g/mol. The first-order valence-corrected chi connectivity index (χ1v) is 10.3. The zero-order valence-corrected chi connectivity index (χ0v) is 15.7. The van der Waals surface area contributed by atoms with Gasteiger partial charge in [-0.15, -0.1) is 11.3 Å². The minimum atomic E-state index is -3.84. The van der Waals surface area contributed by atoms with Gasteiger partial charge in [0.15, 0.2) is 0 Å². The fraction of sp³-hybridized carbons (Fsp3) is 0. The topological polar surface area (TPSA) is 69.2 Å². The summed E-state index contributed by atoms with van der Waals surface area (Å²) in [5.74, 6) is 0.264. The number of pyridine rings is 1. The third kappa shape index (κ3) is 3.89. The van der Waals surface area contributed by atoms with Gasteiger partial charge in [0.2, 0.25) is 0 Å². The Balaban J connectivity index is 1.54. The van der Waals surface area contributed by atoms with Gasteiger partial charge in [0.05, 0.1) is 4.88 Å². The van der Waals surface area contributed by atoms with E-state index in [4.69, 9.17) is 4.18 Å². The molecule has 0 fully saturated rings. The van der Waals surface area contributed by atoms with Crippen molar-refractivity contribution in [2.45, 2.75) is 4.90 Å². The minimum Gasteiger partial charge on any atom is -0.379 e. The van der Waals surface area contributed by atoms with Crippen molar-refractivity contribution in [3.05, 3.63) is 85.3 Å². The van der Waals surface area contributed by atoms with Gasteiger partial charge in [-0.1, -0.05) is 18.2 Å². The Kier molecular flexibility index (Phi) is 4.70. The van der Waals surface area contributed by atoms with Crippen LogP contribution in [0.3, 0.4) is 0 Å². The Morgan fingerprint density at radius 2 is 1.59 bits per heavy atom. The molecule has 0 saturated heterocycles. The average molecular weight is 394 g/mol. The number of hydrogen-bond donors (Lipinski definition) is 0. The summed E-state index contributed by atoms with van der Waals surface area (Å²) in [6.45, 7) is 0. The molecule has 134 valence electrons. The van der Waals surface area contributed by atoms with Crippen LogP contribution < -0.4 is 4.18 Å². The van der Waals surface area contributed by atoms with Crippen molar-refractivity contribution in [1.29, 1.82) is 0 Å². The first-order chi connectivity index (χ1) is 13.1. The van der Waals surface area contributed by atoms with E-state index in [-0.39, 0.29) is 10.6 Å². The molecule has 0 aliphatic heterocycles. The SMILES string of the molecule is O=S(=O)(Oc1ccc(-c2cnc(-c3cccnc3)s2)cc1)c1ccccc1. The molecule has 0 unspecified atom stereocenters. The summed E-state index contributed by atoms with van der Waals surface area (Å²) in [5.41, 5.74) is 1.90. The van der Waals surface area contributed by atoms with E-state index in [1.807, 2.05) is 24.3 Å². The Hall–Kier alpha value is -3.03. The van der Waals surface area contributed by atoms with E-state index in [1.54, 1.807) is 60.3 Å². The van der Waals surface area contributed by atoms with Crippen molar-refractivity contribution >= 4 is 21.5 Å². The molecular formula is C20H14N2O3S2. The normalized spacial score (nSPS) is 11.3. The van der Waals surface area contributed by atoms with Gasteiger partial charge in [0.25, 0.3) is 0 Å². The molecule has 0 atom stereocenters. The van der Waals surface area contributed by atoms with Crippen molar-refractivity contribution in [1.82, 2.24) is 9.97 Å². The van der Waals surface area contributed by atoms with Gasteiger partial charge in [0.1, 0.15) is 15.7 Å². The maximum Gasteiger partial charge on any atom is 0.339 e. The molecule has 0 saturated carbocycles. The molecule has 2 aromatic carbocycles. The quantitative estimate of drug-likeness (QED) is 0.461. The highest BCUT2D eigenvalue weighted by atomic mass is 32.2. The second-order valence-electron chi connectivity index (χ2n) is 5.65. The summed E-state index contributed by atoms with van der Waals surface area (Å²) < 4.78 is 29.8. The summed E-state index contributed by atoms with van der Waals surface area (Å²) in [5, 5.41) is 0.880. The lowest BCUT2D eigenvalue weighted by Gasteiger charge is -2.07. The lowest BCUT2D eigenvalue weighted by molar-refractivity contribution is 0.486. The third-order valence-electron chi connectivity index (χ3n) is 3.79. The number of nitrogens with zero attached hydrogens (tertiary/aromatic N) is 2. The van der Waals surface area contributed by atoms with E-state index in [2.05, 4.69) is 9.97 Å². The first-order valence-electron chi connectivity index (χ1n) is 8.08. The molecule has 0 amide bonds. The fourth-order valence-corrected chi connectivity index (χ4v) is 4.33. The summed E-state index contributed by atoms with van der Waals surface area (Å²) >= 11 is 1.54. The first kappa shape index (κ1) is 17.4. The number of thiazole rings is 1. The molecule has 5 nitrogen and oxygen atoms in total. The average Bonchev–Trinajstić information content (AvgIpc) is 3.20. The molecule has 0 aliphatic carbocycles. The highest BCUT2D eigenvalue weighted by molar-refractivity contribution is 7.87. The van der Waals surface area contributed by atoms with Gasteiger partial charge in [0, 0.05) is 24.2 Å². The van der Waals surface area contributed by atoms with Crippen molar-refractivity contribution < 1.29 is 12.6 Å². The van der Waals surface area contributed by atoms with Crippen molar-refractivity contribution in [3.63, 3.8) is 0 Å². The largest absolute Gasteiger partial charge is 0.379 e. The van der Waals surface area contributed by atoms with E-state index in [0.717, 1.165) is 21.0 Å². The summed E-state index contributed by atoms with van der Waals surface area (Å²) in [4.78, 5) is 9.64. The molecule has 27 heavy (non-hydrogen) atoms. The molecule has 7 heteroatoms. The minimum absolute atomic E-state index is 0.123. The van der Waals surface area contributed by atoms with Gasteiger partial charge in [-0.3, -0.25) is 4.98 Å². The molecule has 4 aromatic rings. The monoisotopic (exact) mass is 394 g/mol. The van der Waals surface area contributed by atoms with Crippen LogP contribution in [0.4, 0.5) is 0 Å². The molecule has 0 bridgehead atoms. The summed E-state index contributed by atoms with van der Waals surface area (Å²) in [7, 11) is -3.84. The van der Waals surface area contributed by atoms with E-state index in [9.17, 15) is 8.42 Å². The molecule has 0 N–H and O–H groups in total. The summed E-state index contributed by atoms with van der Waals surface area (Å²) in [6, 6.07) is 18.8. The number of rotatable bonds is 5. The smallest absolute Gasteiger partial charge is 0.339 e. The van der Waals surface area contributed by atoms with Crippen LogP contribution in [0.5, 0.6) is 5.75 Å². The predicted octanol–water partition coefficient (Wildman–Crippen LogP) is 4.64. The number of benzene rings is 2. The standard InChI is InChI=1S/C20H14N2O3S2/c23-27(24,18-6-2-1-3-7-18)25-17-10-8-15(9-11-17)19-14-22-20(26-19)16-5-4-12-21-13-16/h1-14H. The maximum absolute atomic E-state index is 12.3. The highest BCUT2D eigenvalue weighted by Gasteiger charge is 2.16. The zero-order chi connectivity index (χ0) is 18.7. The van der Waals surface area contributed by atoms with Crippen LogP contribution in [0.15, 0.2) is 90.2 Å². The fourth-order valence-electron chi connectivity index (χ4n) is 2.47. The lowest BCUT2D eigenvalue weighted by atomic mass is 10.2. The van der Waals surface area contributed by atoms with E-state index < -0.39 is 10.1 Å². The Bertz CT molecular complexity index is 1140. The molecule has 2 heterocycles. The molecule has 0 aliphatic rings. The van der Waals surface area contributed by atoms with E-state index in [1.165, 1.54) is 12.1 Å². The lowest BCUT2D eigenvalue weighted by Crippen LogP contribution is -2.09. The van der Waals surface area contributed by atoms with Gasteiger partial charge >= 0.3 is 10.1 Å². The Morgan fingerprint density at radius 3 is 2.30 bits per heavy atom. The molecule has 4 rings (SSSR count). The van der Waals surface area contributed by atoms with E-state index >= 15 is 0 Å².